The maximum Gasteiger partial charge on any atom is 0.573 e. The van der Waals surface area contributed by atoms with Crippen molar-refractivity contribution in [2.75, 3.05) is 0 Å². The molecule has 0 radical (unpaired) electrons. The second-order valence-electron chi connectivity index (χ2n) is 3.21. The van der Waals surface area contributed by atoms with E-state index < -0.39 is 18.2 Å². The number of nitrogens with zero attached hydrogens (tertiary/aromatic N) is 1. The largest absolute Gasteiger partial charge is 0.573 e. The standard InChI is InChI=1S/C10H8ClF3N2O/c11-7-5-6(8(16)3-4-15)1-2-9(7)17-10(12,13)14/h1-2,5,8H,3,16H2/t8-/m1/s1. The Labute approximate surface area is 101 Å². The molecular weight excluding hydrogens is 257 g/mol. The first-order valence-electron chi connectivity index (χ1n) is 4.51. The van der Waals surface area contributed by atoms with Crippen LogP contribution < -0.4 is 10.5 Å². The lowest BCUT2D eigenvalue weighted by molar-refractivity contribution is -0.274. The molecule has 0 unspecified atom stereocenters. The summed E-state index contributed by atoms with van der Waals surface area (Å²) in [5, 5.41) is 8.24. The fraction of sp³-hybridized carbons (Fsp3) is 0.300. The van der Waals surface area contributed by atoms with Crippen molar-refractivity contribution >= 4 is 11.6 Å². The van der Waals surface area contributed by atoms with Gasteiger partial charge in [0.05, 0.1) is 17.5 Å². The molecule has 0 aliphatic heterocycles. The SMILES string of the molecule is N#CC[C@@H](N)c1ccc(OC(F)(F)F)c(Cl)c1. The van der Waals surface area contributed by atoms with E-state index in [4.69, 9.17) is 22.6 Å². The third-order valence-electron chi connectivity index (χ3n) is 1.92. The quantitative estimate of drug-likeness (QED) is 0.912. The van der Waals surface area contributed by atoms with Crippen LogP contribution in [0.1, 0.15) is 18.0 Å². The Morgan fingerprint density at radius 1 is 1.47 bits per heavy atom. The van der Waals surface area contributed by atoms with Crippen LogP contribution in [0, 0.1) is 11.3 Å². The molecule has 1 aromatic carbocycles. The van der Waals surface area contributed by atoms with E-state index in [1.54, 1.807) is 0 Å². The Morgan fingerprint density at radius 3 is 2.59 bits per heavy atom. The molecule has 0 aromatic heterocycles. The average molecular weight is 265 g/mol. The minimum absolute atomic E-state index is 0.0514. The normalized spacial score (nSPS) is 12.9. The van der Waals surface area contributed by atoms with Gasteiger partial charge in [-0.3, -0.25) is 0 Å². The molecule has 0 fully saturated rings. The van der Waals surface area contributed by atoms with E-state index >= 15 is 0 Å². The van der Waals surface area contributed by atoms with Crippen LogP contribution in [0.5, 0.6) is 5.75 Å². The van der Waals surface area contributed by atoms with Gasteiger partial charge in [0.2, 0.25) is 0 Å². The zero-order valence-corrected chi connectivity index (χ0v) is 9.22. The molecule has 2 N–H and O–H groups in total. The van der Waals surface area contributed by atoms with Crippen molar-refractivity contribution in [2.45, 2.75) is 18.8 Å². The zero-order chi connectivity index (χ0) is 13.1. The van der Waals surface area contributed by atoms with E-state index in [0.717, 1.165) is 6.07 Å². The fourth-order valence-corrected chi connectivity index (χ4v) is 1.40. The molecule has 92 valence electrons. The number of ether oxygens (including phenoxy) is 1. The minimum Gasteiger partial charge on any atom is -0.404 e. The molecular formula is C10H8ClF3N2O. The second kappa shape index (κ2) is 5.25. The molecule has 0 spiro atoms. The third-order valence-corrected chi connectivity index (χ3v) is 2.22. The number of hydrogen-bond acceptors (Lipinski definition) is 3. The van der Waals surface area contributed by atoms with Gasteiger partial charge in [0.15, 0.2) is 0 Å². The molecule has 0 saturated heterocycles. The van der Waals surface area contributed by atoms with Crippen molar-refractivity contribution in [1.82, 2.24) is 0 Å². The lowest BCUT2D eigenvalue weighted by atomic mass is 10.1. The smallest absolute Gasteiger partial charge is 0.404 e. The predicted molar refractivity (Wildman–Crippen MR) is 55.3 cm³/mol. The van der Waals surface area contributed by atoms with Crippen LogP contribution in [-0.2, 0) is 0 Å². The maximum atomic E-state index is 12.0. The maximum absolute atomic E-state index is 12.0. The van der Waals surface area contributed by atoms with Crippen LogP contribution in [0.3, 0.4) is 0 Å². The molecule has 0 saturated carbocycles. The third kappa shape index (κ3) is 4.13. The van der Waals surface area contributed by atoms with E-state index in [1.807, 2.05) is 6.07 Å². The van der Waals surface area contributed by atoms with E-state index in [0.29, 0.717) is 5.56 Å². The van der Waals surface area contributed by atoms with Crippen molar-refractivity contribution in [3.8, 4) is 11.8 Å². The molecule has 1 atom stereocenters. The monoisotopic (exact) mass is 264 g/mol. The number of rotatable bonds is 3. The number of halogens is 4. The van der Waals surface area contributed by atoms with Gasteiger partial charge in [-0.05, 0) is 17.7 Å². The van der Waals surface area contributed by atoms with E-state index in [-0.39, 0.29) is 11.4 Å². The Kier molecular flexibility index (Phi) is 4.21. The van der Waals surface area contributed by atoms with Gasteiger partial charge >= 0.3 is 6.36 Å². The molecule has 1 rings (SSSR count). The summed E-state index contributed by atoms with van der Waals surface area (Å²) in [5.74, 6) is -0.493. The summed E-state index contributed by atoms with van der Waals surface area (Å²) in [6.45, 7) is 0. The van der Waals surface area contributed by atoms with Crippen molar-refractivity contribution in [1.29, 1.82) is 5.26 Å². The first-order valence-corrected chi connectivity index (χ1v) is 4.89. The van der Waals surface area contributed by atoms with Gasteiger partial charge in [-0.25, -0.2) is 0 Å². The van der Waals surface area contributed by atoms with Crippen LogP contribution in [0.4, 0.5) is 13.2 Å². The summed E-state index contributed by atoms with van der Waals surface area (Å²) in [5.41, 5.74) is 6.09. The highest BCUT2D eigenvalue weighted by atomic mass is 35.5. The number of nitrogens with two attached hydrogens (primary N) is 1. The van der Waals surface area contributed by atoms with Gasteiger partial charge in [0.25, 0.3) is 0 Å². The summed E-state index contributed by atoms with van der Waals surface area (Å²) in [6.07, 6.45) is -4.74. The second-order valence-corrected chi connectivity index (χ2v) is 3.61. The number of alkyl halides is 3. The number of nitriles is 1. The molecule has 3 nitrogen and oxygen atoms in total. The highest BCUT2D eigenvalue weighted by Gasteiger charge is 2.32. The molecule has 0 bridgehead atoms. The summed E-state index contributed by atoms with van der Waals surface area (Å²) in [6, 6.07) is 4.94. The van der Waals surface area contributed by atoms with Crippen molar-refractivity contribution in [2.24, 2.45) is 5.73 Å². The average Bonchev–Trinajstić information content (AvgIpc) is 2.19. The number of benzene rings is 1. The van der Waals surface area contributed by atoms with Crippen molar-refractivity contribution in [3.05, 3.63) is 28.8 Å². The first-order chi connectivity index (χ1) is 7.83. The van der Waals surface area contributed by atoms with Gasteiger partial charge in [-0.2, -0.15) is 5.26 Å². The summed E-state index contributed by atoms with van der Waals surface area (Å²) >= 11 is 5.62. The fourth-order valence-electron chi connectivity index (χ4n) is 1.17. The molecule has 1 aromatic rings. The Balaban J connectivity index is 2.91. The van der Waals surface area contributed by atoms with Crippen LogP contribution in [0.2, 0.25) is 5.02 Å². The van der Waals surface area contributed by atoms with Crippen LogP contribution in [-0.4, -0.2) is 6.36 Å². The summed E-state index contributed by atoms with van der Waals surface area (Å²) in [7, 11) is 0. The molecule has 0 heterocycles. The molecule has 7 heteroatoms. The predicted octanol–water partition coefficient (Wildman–Crippen LogP) is 3.15. The molecule has 0 aliphatic carbocycles. The van der Waals surface area contributed by atoms with Crippen LogP contribution in [0.15, 0.2) is 18.2 Å². The highest BCUT2D eigenvalue weighted by Crippen LogP contribution is 2.32. The highest BCUT2D eigenvalue weighted by molar-refractivity contribution is 6.32. The minimum atomic E-state index is -4.79. The van der Waals surface area contributed by atoms with Crippen LogP contribution >= 0.6 is 11.6 Å². The van der Waals surface area contributed by atoms with Gasteiger partial charge in [0, 0.05) is 6.04 Å². The van der Waals surface area contributed by atoms with Crippen LogP contribution in [0.25, 0.3) is 0 Å². The number of hydrogen-bond donors (Lipinski definition) is 1. The topological polar surface area (TPSA) is 59.0 Å². The van der Waals surface area contributed by atoms with Gasteiger partial charge in [-0.1, -0.05) is 17.7 Å². The molecule has 17 heavy (non-hydrogen) atoms. The van der Waals surface area contributed by atoms with E-state index in [9.17, 15) is 13.2 Å². The van der Waals surface area contributed by atoms with Crippen molar-refractivity contribution < 1.29 is 17.9 Å². The zero-order valence-electron chi connectivity index (χ0n) is 8.46. The first kappa shape index (κ1) is 13.6. The Hall–Kier alpha value is -1.45. The lowest BCUT2D eigenvalue weighted by Gasteiger charge is -2.13. The summed E-state index contributed by atoms with van der Waals surface area (Å²) < 4.78 is 39.5. The van der Waals surface area contributed by atoms with Crippen molar-refractivity contribution in [3.63, 3.8) is 0 Å². The molecule has 0 amide bonds. The van der Waals surface area contributed by atoms with E-state index in [1.165, 1.54) is 12.1 Å². The van der Waals surface area contributed by atoms with Gasteiger partial charge in [-0.15, -0.1) is 13.2 Å². The van der Waals surface area contributed by atoms with E-state index in [2.05, 4.69) is 4.74 Å². The van der Waals surface area contributed by atoms with Gasteiger partial charge < -0.3 is 10.5 Å². The Morgan fingerprint density at radius 2 is 2.12 bits per heavy atom. The van der Waals surface area contributed by atoms with Gasteiger partial charge in [0.1, 0.15) is 5.75 Å². The lowest BCUT2D eigenvalue weighted by Crippen LogP contribution is -2.17. The summed E-state index contributed by atoms with van der Waals surface area (Å²) in [4.78, 5) is 0. The molecule has 0 aliphatic rings. The Bertz CT molecular complexity index is 442.